The zero-order valence-corrected chi connectivity index (χ0v) is 17.3. The SMILES string of the molecule is Cc1ccc2c(c1)c(=O)c(C(=O)N1CCN(Cc3ccccc3Cl)CC1)nn2C. The summed E-state index contributed by atoms with van der Waals surface area (Å²) in [6.45, 7) is 5.24. The van der Waals surface area contributed by atoms with Gasteiger partial charge in [0.05, 0.1) is 10.9 Å². The van der Waals surface area contributed by atoms with Crippen LogP contribution in [0.15, 0.2) is 47.3 Å². The van der Waals surface area contributed by atoms with E-state index in [-0.39, 0.29) is 17.0 Å². The average molecular weight is 411 g/mol. The first-order valence-electron chi connectivity index (χ1n) is 9.67. The molecule has 2 heterocycles. The highest BCUT2D eigenvalue weighted by Gasteiger charge is 2.26. The minimum absolute atomic E-state index is 0.00912. The van der Waals surface area contributed by atoms with Gasteiger partial charge in [-0.15, -0.1) is 0 Å². The Morgan fingerprint density at radius 1 is 1.10 bits per heavy atom. The van der Waals surface area contributed by atoms with Crippen LogP contribution in [0.4, 0.5) is 0 Å². The monoisotopic (exact) mass is 410 g/mol. The van der Waals surface area contributed by atoms with Crippen LogP contribution in [0.1, 0.15) is 21.6 Å². The lowest BCUT2D eigenvalue weighted by atomic mass is 10.1. The van der Waals surface area contributed by atoms with E-state index in [1.165, 1.54) is 0 Å². The molecular formula is C22H23ClN4O2. The van der Waals surface area contributed by atoms with Crippen molar-refractivity contribution in [2.75, 3.05) is 26.2 Å². The van der Waals surface area contributed by atoms with E-state index in [9.17, 15) is 9.59 Å². The van der Waals surface area contributed by atoms with Gasteiger partial charge in [-0.2, -0.15) is 5.10 Å². The highest BCUT2D eigenvalue weighted by atomic mass is 35.5. The number of benzene rings is 2. The molecule has 1 aliphatic heterocycles. The van der Waals surface area contributed by atoms with Crippen LogP contribution in [-0.4, -0.2) is 51.7 Å². The molecule has 0 atom stereocenters. The molecule has 0 spiro atoms. The van der Waals surface area contributed by atoms with Gasteiger partial charge in [0.15, 0.2) is 5.69 Å². The Morgan fingerprint density at radius 3 is 2.55 bits per heavy atom. The van der Waals surface area contributed by atoms with E-state index in [1.807, 2.05) is 49.4 Å². The van der Waals surface area contributed by atoms with Gasteiger partial charge in [-0.3, -0.25) is 19.2 Å². The highest BCUT2D eigenvalue weighted by Crippen LogP contribution is 2.18. The van der Waals surface area contributed by atoms with E-state index in [1.54, 1.807) is 16.6 Å². The second kappa shape index (κ2) is 7.97. The summed E-state index contributed by atoms with van der Waals surface area (Å²) in [6, 6.07) is 13.4. The van der Waals surface area contributed by atoms with Crippen molar-refractivity contribution in [3.8, 4) is 0 Å². The predicted molar refractivity (Wildman–Crippen MR) is 114 cm³/mol. The summed E-state index contributed by atoms with van der Waals surface area (Å²) < 4.78 is 1.61. The van der Waals surface area contributed by atoms with E-state index in [0.717, 1.165) is 41.3 Å². The van der Waals surface area contributed by atoms with Crippen molar-refractivity contribution in [3.05, 3.63) is 74.5 Å². The number of fused-ring (bicyclic) bond motifs is 1. The Balaban J connectivity index is 1.51. The van der Waals surface area contributed by atoms with Gasteiger partial charge in [0.1, 0.15) is 0 Å². The van der Waals surface area contributed by atoms with Gasteiger partial charge in [0.2, 0.25) is 5.43 Å². The molecule has 0 bridgehead atoms. The van der Waals surface area contributed by atoms with Crippen molar-refractivity contribution in [2.45, 2.75) is 13.5 Å². The van der Waals surface area contributed by atoms with Gasteiger partial charge >= 0.3 is 0 Å². The summed E-state index contributed by atoms with van der Waals surface area (Å²) in [6.07, 6.45) is 0. The molecule has 0 N–H and O–H groups in total. The fraction of sp³-hybridized carbons (Fsp3) is 0.318. The van der Waals surface area contributed by atoms with E-state index in [0.29, 0.717) is 18.5 Å². The molecule has 3 aromatic rings. The summed E-state index contributed by atoms with van der Waals surface area (Å²) in [5, 5.41) is 5.57. The fourth-order valence-corrected chi connectivity index (χ4v) is 3.95. The number of hydrogen-bond donors (Lipinski definition) is 0. The number of carbonyl (C=O) groups excluding carboxylic acids is 1. The summed E-state index contributed by atoms with van der Waals surface area (Å²) >= 11 is 6.26. The second-order valence-electron chi connectivity index (χ2n) is 7.48. The standard InChI is InChI=1S/C22H23ClN4O2/c1-15-7-8-19-17(13-15)21(28)20(24-25(19)2)22(29)27-11-9-26(10-12-27)14-16-5-3-4-6-18(16)23/h3-8,13H,9-12,14H2,1-2H3. The van der Waals surface area contributed by atoms with Crippen molar-refractivity contribution >= 4 is 28.4 Å². The zero-order chi connectivity index (χ0) is 20.5. The topological polar surface area (TPSA) is 58.4 Å². The number of carbonyl (C=O) groups is 1. The van der Waals surface area contributed by atoms with Crippen LogP contribution in [-0.2, 0) is 13.6 Å². The third-order valence-electron chi connectivity index (χ3n) is 5.42. The van der Waals surface area contributed by atoms with Gasteiger partial charge in [-0.25, -0.2) is 0 Å². The third kappa shape index (κ3) is 3.91. The van der Waals surface area contributed by atoms with Crippen LogP contribution >= 0.6 is 11.6 Å². The van der Waals surface area contributed by atoms with Crippen molar-refractivity contribution in [1.29, 1.82) is 0 Å². The van der Waals surface area contributed by atoms with Crippen LogP contribution in [0.3, 0.4) is 0 Å². The van der Waals surface area contributed by atoms with E-state index >= 15 is 0 Å². The molecule has 1 aromatic heterocycles. The number of aromatic nitrogens is 2. The molecule has 0 saturated carbocycles. The lowest BCUT2D eigenvalue weighted by molar-refractivity contribution is 0.0619. The Morgan fingerprint density at radius 2 is 1.83 bits per heavy atom. The smallest absolute Gasteiger partial charge is 0.278 e. The molecule has 150 valence electrons. The Labute approximate surface area is 174 Å². The van der Waals surface area contributed by atoms with Gasteiger partial charge in [-0.05, 0) is 30.7 Å². The van der Waals surface area contributed by atoms with Gasteiger partial charge in [0.25, 0.3) is 5.91 Å². The molecule has 2 aromatic carbocycles. The first kappa shape index (κ1) is 19.6. The molecule has 1 fully saturated rings. The largest absolute Gasteiger partial charge is 0.335 e. The molecule has 6 nitrogen and oxygen atoms in total. The second-order valence-corrected chi connectivity index (χ2v) is 7.89. The van der Waals surface area contributed by atoms with Crippen molar-refractivity contribution in [3.63, 3.8) is 0 Å². The number of nitrogens with zero attached hydrogens (tertiary/aromatic N) is 4. The molecule has 1 saturated heterocycles. The van der Waals surface area contributed by atoms with Crippen LogP contribution in [0.5, 0.6) is 0 Å². The van der Waals surface area contributed by atoms with Crippen LogP contribution < -0.4 is 5.43 Å². The van der Waals surface area contributed by atoms with E-state index in [4.69, 9.17) is 11.6 Å². The number of hydrogen-bond acceptors (Lipinski definition) is 4. The van der Waals surface area contributed by atoms with E-state index in [2.05, 4.69) is 10.00 Å². The molecule has 0 unspecified atom stereocenters. The van der Waals surface area contributed by atoms with Crippen LogP contribution in [0.2, 0.25) is 5.02 Å². The van der Waals surface area contributed by atoms with E-state index < -0.39 is 0 Å². The van der Waals surface area contributed by atoms with Crippen molar-refractivity contribution in [2.24, 2.45) is 7.05 Å². The Bertz CT molecular complexity index is 1130. The lowest BCUT2D eigenvalue weighted by Gasteiger charge is -2.34. The zero-order valence-electron chi connectivity index (χ0n) is 16.6. The maximum Gasteiger partial charge on any atom is 0.278 e. The van der Waals surface area contributed by atoms with Crippen molar-refractivity contribution in [1.82, 2.24) is 19.6 Å². The minimum atomic E-state index is -0.301. The molecular weight excluding hydrogens is 388 g/mol. The van der Waals surface area contributed by atoms with Gasteiger partial charge in [0, 0.05) is 44.8 Å². The number of amides is 1. The Hall–Kier alpha value is -2.70. The summed E-state index contributed by atoms with van der Waals surface area (Å²) in [7, 11) is 1.76. The average Bonchev–Trinajstić information content (AvgIpc) is 2.72. The first-order chi connectivity index (χ1) is 13.9. The fourth-order valence-electron chi connectivity index (χ4n) is 3.76. The molecule has 29 heavy (non-hydrogen) atoms. The van der Waals surface area contributed by atoms with Gasteiger partial charge < -0.3 is 4.90 Å². The summed E-state index contributed by atoms with van der Waals surface area (Å²) in [5.41, 5.74) is 2.47. The lowest BCUT2D eigenvalue weighted by Crippen LogP contribution is -2.49. The number of aryl methyl sites for hydroxylation is 2. The summed E-state index contributed by atoms with van der Waals surface area (Å²) in [4.78, 5) is 29.9. The molecule has 7 heteroatoms. The normalized spacial score (nSPS) is 15.1. The highest BCUT2D eigenvalue weighted by molar-refractivity contribution is 6.31. The molecule has 1 amide bonds. The quantitative estimate of drug-likeness (QED) is 0.666. The van der Waals surface area contributed by atoms with Crippen LogP contribution in [0, 0.1) is 6.92 Å². The first-order valence-corrected chi connectivity index (χ1v) is 10.0. The van der Waals surface area contributed by atoms with Crippen molar-refractivity contribution < 1.29 is 4.79 Å². The number of piperazine rings is 1. The minimum Gasteiger partial charge on any atom is -0.335 e. The van der Waals surface area contributed by atoms with Gasteiger partial charge in [-0.1, -0.05) is 41.4 Å². The predicted octanol–water partition coefficient (Wildman–Crippen LogP) is 2.85. The maximum absolute atomic E-state index is 13.0. The summed E-state index contributed by atoms with van der Waals surface area (Å²) in [5.74, 6) is -0.300. The molecule has 0 radical (unpaired) electrons. The number of halogens is 1. The Kier molecular flexibility index (Phi) is 5.39. The third-order valence-corrected chi connectivity index (χ3v) is 5.79. The molecule has 0 aliphatic carbocycles. The van der Waals surface area contributed by atoms with Crippen LogP contribution in [0.25, 0.3) is 10.9 Å². The maximum atomic E-state index is 13.0. The number of rotatable bonds is 3. The molecule has 1 aliphatic rings. The molecule has 4 rings (SSSR count).